The number of non-ortho nitro benzene ring substituents is 1. The summed E-state index contributed by atoms with van der Waals surface area (Å²) in [6.07, 6.45) is 0.0249. The van der Waals surface area contributed by atoms with Gasteiger partial charge in [-0.3, -0.25) is 10.1 Å². The lowest BCUT2D eigenvalue weighted by molar-refractivity contribution is -0.385. The normalized spacial score (nSPS) is 19.9. The summed E-state index contributed by atoms with van der Waals surface area (Å²) in [7, 11) is 0. The van der Waals surface area contributed by atoms with E-state index in [9.17, 15) is 10.1 Å². The van der Waals surface area contributed by atoms with Crippen molar-refractivity contribution in [2.75, 3.05) is 0 Å². The van der Waals surface area contributed by atoms with Gasteiger partial charge in [0.2, 0.25) is 6.23 Å². The highest BCUT2D eigenvalue weighted by Gasteiger charge is 2.42. The van der Waals surface area contributed by atoms with E-state index in [2.05, 4.69) is 0 Å². The van der Waals surface area contributed by atoms with Gasteiger partial charge < -0.3 is 9.15 Å². The first-order valence-corrected chi connectivity index (χ1v) is 9.50. The van der Waals surface area contributed by atoms with Crippen LogP contribution in [0.25, 0.3) is 0 Å². The number of nitro groups is 1. The quantitative estimate of drug-likeness (QED) is 0.427. The lowest BCUT2D eigenvalue weighted by atomic mass is 9.97. The first-order chi connectivity index (χ1) is 14.0. The third kappa shape index (κ3) is 3.03. The Bertz CT molecular complexity index is 1160. The van der Waals surface area contributed by atoms with E-state index in [-0.39, 0.29) is 11.7 Å². The van der Waals surface area contributed by atoms with Gasteiger partial charge in [0, 0.05) is 34.7 Å². The SMILES string of the molecule is Cc1ccc(C2=NN3[C@@H](c4cccc([N+](=O)[O-])c4)Oc4ccc(Cl)cc4[C@@H]3C2)o1. The molecule has 3 heterocycles. The maximum Gasteiger partial charge on any atom is 0.269 e. The molecule has 7 nitrogen and oxygen atoms in total. The van der Waals surface area contributed by atoms with Crippen molar-refractivity contribution in [3.05, 3.63) is 92.4 Å². The molecule has 0 radical (unpaired) electrons. The van der Waals surface area contributed by atoms with Gasteiger partial charge >= 0.3 is 0 Å². The smallest absolute Gasteiger partial charge is 0.269 e. The summed E-state index contributed by atoms with van der Waals surface area (Å²) in [5, 5.41) is 18.5. The zero-order valence-corrected chi connectivity index (χ0v) is 16.2. The van der Waals surface area contributed by atoms with Crippen LogP contribution in [0.5, 0.6) is 5.75 Å². The molecular weight excluding hydrogens is 394 g/mol. The number of nitro benzene ring substituents is 1. The van der Waals surface area contributed by atoms with E-state index in [1.165, 1.54) is 12.1 Å². The molecule has 1 aromatic heterocycles. The average molecular weight is 410 g/mol. The zero-order valence-electron chi connectivity index (χ0n) is 15.4. The predicted molar refractivity (Wildman–Crippen MR) is 107 cm³/mol. The number of hydrogen-bond donors (Lipinski definition) is 0. The molecule has 3 aromatic rings. The zero-order chi connectivity index (χ0) is 20.1. The molecule has 0 unspecified atom stereocenters. The van der Waals surface area contributed by atoms with Crippen LogP contribution in [0, 0.1) is 17.0 Å². The summed E-state index contributed by atoms with van der Waals surface area (Å²) in [4.78, 5) is 10.8. The van der Waals surface area contributed by atoms with Gasteiger partial charge in [0.1, 0.15) is 23.0 Å². The van der Waals surface area contributed by atoms with Gasteiger partial charge in [0.05, 0.1) is 11.0 Å². The number of aryl methyl sites for hydroxylation is 1. The van der Waals surface area contributed by atoms with Crippen LogP contribution in [0.4, 0.5) is 5.69 Å². The van der Waals surface area contributed by atoms with Crippen molar-refractivity contribution in [1.29, 1.82) is 0 Å². The molecule has 0 fully saturated rings. The second-order valence-electron chi connectivity index (χ2n) is 7.06. The van der Waals surface area contributed by atoms with Gasteiger partial charge in [-0.25, -0.2) is 5.01 Å². The third-order valence-corrected chi connectivity index (χ3v) is 5.38. The molecule has 0 bridgehead atoms. The lowest BCUT2D eigenvalue weighted by Gasteiger charge is -2.38. The number of benzene rings is 2. The Kier molecular flexibility index (Phi) is 4.06. The molecule has 2 aliphatic heterocycles. The molecule has 5 rings (SSSR count). The van der Waals surface area contributed by atoms with Crippen molar-refractivity contribution in [3.8, 4) is 5.75 Å². The second kappa shape index (κ2) is 6.63. The number of ether oxygens (including phenoxy) is 1. The van der Waals surface area contributed by atoms with Crippen molar-refractivity contribution in [1.82, 2.24) is 5.01 Å². The van der Waals surface area contributed by atoms with Crippen LogP contribution in [0.3, 0.4) is 0 Å². The molecule has 0 amide bonds. The highest BCUT2D eigenvalue weighted by atomic mass is 35.5. The Morgan fingerprint density at radius 3 is 2.83 bits per heavy atom. The average Bonchev–Trinajstić information content (AvgIpc) is 3.34. The molecule has 2 atom stereocenters. The number of furan rings is 1. The molecule has 0 N–H and O–H groups in total. The monoisotopic (exact) mass is 409 g/mol. The van der Waals surface area contributed by atoms with Crippen LogP contribution in [-0.2, 0) is 0 Å². The fourth-order valence-electron chi connectivity index (χ4n) is 3.81. The summed E-state index contributed by atoms with van der Waals surface area (Å²) in [5.41, 5.74) is 2.40. The Hall–Kier alpha value is -3.32. The van der Waals surface area contributed by atoms with Gasteiger partial charge in [-0.1, -0.05) is 23.7 Å². The molecule has 0 saturated carbocycles. The van der Waals surface area contributed by atoms with Gasteiger partial charge in [0.25, 0.3) is 5.69 Å². The first kappa shape index (κ1) is 17.8. The van der Waals surface area contributed by atoms with Gasteiger partial charge in [-0.05, 0) is 37.3 Å². The van der Waals surface area contributed by atoms with Crippen molar-refractivity contribution in [3.63, 3.8) is 0 Å². The maximum absolute atomic E-state index is 11.2. The number of hydrogen-bond acceptors (Lipinski definition) is 6. The Morgan fingerprint density at radius 1 is 1.21 bits per heavy atom. The summed E-state index contributed by atoms with van der Waals surface area (Å²) in [5.74, 6) is 2.21. The standard InChI is InChI=1S/C21H16ClN3O4/c1-12-5-7-20(28-12)17-11-18-16-10-14(22)6-8-19(16)29-21(24(18)23-17)13-3-2-4-15(9-13)25(26)27/h2-10,18,21H,11H2,1H3/t18-,21+/m0/s1. The molecule has 29 heavy (non-hydrogen) atoms. The number of halogens is 1. The number of fused-ring (bicyclic) bond motifs is 3. The van der Waals surface area contributed by atoms with Crippen molar-refractivity contribution < 1.29 is 14.1 Å². The first-order valence-electron chi connectivity index (χ1n) is 9.13. The number of nitrogens with zero attached hydrogens (tertiary/aromatic N) is 3. The van der Waals surface area contributed by atoms with E-state index in [0.717, 1.165) is 17.0 Å². The van der Waals surface area contributed by atoms with E-state index < -0.39 is 11.2 Å². The Morgan fingerprint density at radius 2 is 2.07 bits per heavy atom. The van der Waals surface area contributed by atoms with Crippen molar-refractivity contribution in [2.24, 2.45) is 5.10 Å². The Labute approximate surface area is 171 Å². The van der Waals surface area contributed by atoms with Crippen LogP contribution in [0.15, 0.2) is 64.1 Å². The van der Waals surface area contributed by atoms with Gasteiger partial charge in [0.15, 0.2) is 0 Å². The van der Waals surface area contributed by atoms with Crippen LogP contribution in [0.1, 0.15) is 41.3 Å². The molecule has 0 spiro atoms. The summed E-state index contributed by atoms with van der Waals surface area (Å²) in [6.45, 7) is 1.89. The van der Waals surface area contributed by atoms with Crippen molar-refractivity contribution >= 4 is 23.0 Å². The van der Waals surface area contributed by atoms with Crippen LogP contribution in [0.2, 0.25) is 5.02 Å². The fraction of sp³-hybridized carbons (Fsp3) is 0.190. The predicted octanol–water partition coefficient (Wildman–Crippen LogP) is 5.39. The topological polar surface area (TPSA) is 81.1 Å². The highest BCUT2D eigenvalue weighted by Crippen LogP contribution is 2.48. The van der Waals surface area contributed by atoms with E-state index in [4.69, 9.17) is 25.9 Å². The minimum absolute atomic E-state index is 0.00890. The summed E-state index contributed by atoms with van der Waals surface area (Å²) in [6, 6.07) is 15.6. The van der Waals surface area contributed by atoms with Crippen LogP contribution < -0.4 is 4.74 Å². The number of hydrazone groups is 1. The molecular formula is C21H16ClN3O4. The molecule has 2 aromatic carbocycles. The summed E-state index contributed by atoms with van der Waals surface area (Å²) >= 11 is 6.23. The largest absolute Gasteiger partial charge is 0.464 e. The summed E-state index contributed by atoms with van der Waals surface area (Å²) < 4.78 is 12.0. The maximum atomic E-state index is 11.2. The fourth-order valence-corrected chi connectivity index (χ4v) is 3.99. The molecule has 0 saturated heterocycles. The van der Waals surface area contributed by atoms with E-state index >= 15 is 0 Å². The van der Waals surface area contributed by atoms with E-state index in [0.29, 0.717) is 28.5 Å². The highest BCUT2D eigenvalue weighted by molar-refractivity contribution is 6.30. The molecule has 0 aliphatic carbocycles. The lowest BCUT2D eigenvalue weighted by Crippen LogP contribution is -2.33. The van der Waals surface area contributed by atoms with Crippen LogP contribution >= 0.6 is 11.6 Å². The Balaban J connectivity index is 1.61. The third-order valence-electron chi connectivity index (χ3n) is 5.14. The molecule has 8 heteroatoms. The molecule has 2 aliphatic rings. The van der Waals surface area contributed by atoms with Crippen molar-refractivity contribution in [2.45, 2.75) is 25.6 Å². The molecule has 146 valence electrons. The van der Waals surface area contributed by atoms with E-state index in [1.54, 1.807) is 18.2 Å². The minimum Gasteiger partial charge on any atom is -0.464 e. The minimum atomic E-state index is -0.595. The van der Waals surface area contributed by atoms with Gasteiger partial charge in [-0.2, -0.15) is 5.10 Å². The van der Waals surface area contributed by atoms with Gasteiger partial charge in [-0.15, -0.1) is 0 Å². The second-order valence-corrected chi connectivity index (χ2v) is 7.50. The number of rotatable bonds is 3. The van der Waals surface area contributed by atoms with Crippen LogP contribution in [-0.4, -0.2) is 15.6 Å². The van der Waals surface area contributed by atoms with E-state index in [1.807, 2.05) is 36.2 Å².